The number of aromatic hydroxyl groups is 1. The van der Waals surface area contributed by atoms with Crippen LogP contribution in [0.25, 0.3) is 0 Å². The van der Waals surface area contributed by atoms with Crippen molar-refractivity contribution in [3.63, 3.8) is 0 Å². The van der Waals surface area contributed by atoms with E-state index in [0.29, 0.717) is 17.7 Å². The molecule has 1 fully saturated rings. The van der Waals surface area contributed by atoms with Crippen LogP contribution in [0, 0.1) is 0 Å². The molecule has 1 heterocycles. The lowest BCUT2D eigenvalue weighted by molar-refractivity contribution is -0.134. The van der Waals surface area contributed by atoms with Gasteiger partial charge in [-0.15, -0.1) is 0 Å². The van der Waals surface area contributed by atoms with Gasteiger partial charge in [0.05, 0.1) is 12.7 Å². The number of carbonyl (C=O) groups is 3. The van der Waals surface area contributed by atoms with Crippen molar-refractivity contribution in [2.45, 2.75) is 64.6 Å². The fourth-order valence-corrected chi connectivity index (χ4v) is 4.42. The molecule has 2 aromatic rings. The number of phenols is 1. The van der Waals surface area contributed by atoms with Crippen LogP contribution in [0.3, 0.4) is 0 Å². The second kappa shape index (κ2) is 18.8. The van der Waals surface area contributed by atoms with Crippen molar-refractivity contribution >= 4 is 23.6 Å². The van der Waals surface area contributed by atoms with E-state index >= 15 is 0 Å². The molecule has 1 aliphatic rings. The van der Waals surface area contributed by atoms with Crippen LogP contribution in [0.15, 0.2) is 42.5 Å². The number of aliphatic hydroxyl groups excluding tert-OH is 2. The highest BCUT2D eigenvalue weighted by Gasteiger charge is 2.33. The number of ether oxygens (including phenoxy) is 1. The van der Waals surface area contributed by atoms with E-state index in [1.54, 1.807) is 12.1 Å². The summed E-state index contributed by atoms with van der Waals surface area (Å²) in [6.45, 7) is 3.66. The number of likely N-dealkylation sites (N-methyl/N-ethyl adjacent to an activating group) is 1. The average molecular weight is 588 g/mol. The number of aliphatic hydroxyl groups is 2. The van der Waals surface area contributed by atoms with E-state index in [9.17, 15) is 24.9 Å². The Hall–Kier alpha value is -3.51. The van der Waals surface area contributed by atoms with Crippen LogP contribution in [0.4, 0.5) is 10.5 Å². The normalized spacial score (nSPS) is 13.7. The third-order valence-electron chi connectivity index (χ3n) is 6.80. The van der Waals surface area contributed by atoms with Gasteiger partial charge >= 0.3 is 6.03 Å². The number of hydrogen-bond acceptors (Lipinski definition) is 8. The van der Waals surface area contributed by atoms with Crippen molar-refractivity contribution in [2.75, 3.05) is 44.8 Å². The Morgan fingerprint density at radius 3 is 2.38 bits per heavy atom. The first-order chi connectivity index (χ1) is 20.1. The van der Waals surface area contributed by atoms with Crippen LogP contribution >= 0.6 is 0 Å². The molecular weight excluding hydrogens is 542 g/mol. The molecule has 1 aliphatic heterocycles. The lowest BCUT2D eigenvalue weighted by Crippen LogP contribution is -2.29. The van der Waals surface area contributed by atoms with E-state index in [4.69, 9.17) is 14.6 Å². The summed E-state index contributed by atoms with van der Waals surface area (Å²) < 4.78 is 5.77. The standard InChI is InChI=1S/C29H41N3O6.C2H4O2/c1-31-28(36)20-32(29(31)37)25-11-8-10-22(17-25)9-4-7-16-38-15-6-3-2-5-14-30-19-27(35)23-12-13-26(34)24(18-23)21-33;1-2(3)4/h8,10-13,17-18,27,30,33-35H,2-7,9,14-16,19-21H2,1H3;1H3,(H,3,4)/t27-;/m0./s1. The fourth-order valence-electron chi connectivity index (χ4n) is 4.42. The zero-order chi connectivity index (χ0) is 30.9. The van der Waals surface area contributed by atoms with E-state index in [2.05, 4.69) is 5.32 Å². The summed E-state index contributed by atoms with van der Waals surface area (Å²) in [7, 11) is 1.51. The maximum atomic E-state index is 12.2. The first kappa shape index (κ1) is 34.7. The molecule has 0 bridgehead atoms. The van der Waals surface area contributed by atoms with Gasteiger partial charge in [-0.05, 0) is 74.0 Å². The Morgan fingerprint density at radius 2 is 1.71 bits per heavy atom. The predicted octanol–water partition coefficient (Wildman–Crippen LogP) is 3.60. The summed E-state index contributed by atoms with van der Waals surface area (Å²) in [4.78, 5) is 35.6. The zero-order valence-electron chi connectivity index (χ0n) is 24.6. The van der Waals surface area contributed by atoms with Crippen molar-refractivity contribution in [1.29, 1.82) is 0 Å². The molecule has 11 nitrogen and oxygen atoms in total. The third kappa shape index (κ3) is 12.2. The van der Waals surface area contributed by atoms with Crippen molar-refractivity contribution in [2.24, 2.45) is 0 Å². The summed E-state index contributed by atoms with van der Waals surface area (Å²) in [6.07, 6.45) is 6.44. The van der Waals surface area contributed by atoms with Gasteiger partial charge in [-0.1, -0.05) is 31.0 Å². The molecule has 232 valence electrons. The Balaban J connectivity index is 0.00000144. The minimum Gasteiger partial charge on any atom is -0.508 e. The number of aliphatic carboxylic acids is 1. The minimum atomic E-state index is -0.833. The predicted molar refractivity (Wildman–Crippen MR) is 159 cm³/mol. The maximum Gasteiger partial charge on any atom is 0.331 e. The highest BCUT2D eigenvalue weighted by Crippen LogP contribution is 2.23. The van der Waals surface area contributed by atoms with Gasteiger partial charge in [-0.3, -0.25) is 19.4 Å². The number of nitrogens with one attached hydrogen (secondary N) is 1. The Labute approximate surface area is 247 Å². The molecular formula is C31H45N3O8. The molecule has 3 amide bonds. The van der Waals surface area contributed by atoms with Gasteiger partial charge < -0.3 is 30.5 Å². The quantitative estimate of drug-likeness (QED) is 0.138. The van der Waals surface area contributed by atoms with E-state index in [1.165, 1.54) is 18.0 Å². The Bertz CT molecular complexity index is 1140. The number of rotatable bonds is 17. The van der Waals surface area contributed by atoms with Gasteiger partial charge in [0, 0.05) is 45.0 Å². The summed E-state index contributed by atoms with van der Waals surface area (Å²) in [5.41, 5.74) is 3.01. The molecule has 3 rings (SSSR count). The van der Waals surface area contributed by atoms with Crippen LogP contribution in [0.5, 0.6) is 5.75 Å². The van der Waals surface area contributed by atoms with Crippen molar-refractivity contribution in [3.8, 4) is 5.75 Å². The van der Waals surface area contributed by atoms with Gasteiger partial charge in [-0.25, -0.2) is 4.79 Å². The van der Waals surface area contributed by atoms with Gasteiger partial charge in [-0.2, -0.15) is 0 Å². The van der Waals surface area contributed by atoms with Crippen molar-refractivity contribution in [1.82, 2.24) is 10.2 Å². The Morgan fingerprint density at radius 1 is 1.02 bits per heavy atom. The number of benzene rings is 2. The second-order valence-corrected chi connectivity index (χ2v) is 10.3. The number of carboxylic acids is 1. The van der Waals surface area contributed by atoms with E-state index in [0.717, 1.165) is 87.8 Å². The van der Waals surface area contributed by atoms with Crippen molar-refractivity contribution in [3.05, 3.63) is 59.2 Å². The summed E-state index contributed by atoms with van der Waals surface area (Å²) in [5.74, 6) is -0.984. The van der Waals surface area contributed by atoms with Crippen LogP contribution in [0.1, 0.15) is 68.2 Å². The molecule has 0 spiro atoms. The van der Waals surface area contributed by atoms with E-state index in [-0.39, 0.29) is 30.8 Å². The number of amides is 3. The summed E-state index contributed by atoms with van der Waals surface area (Å²) in [5, 5.41) is 39.8. The average Bonchev–Trinajstić information content (AvgIpc) is 3.22. The highest BCUT2D eigenvalue weighted by molar-refractivity contribution is 6.11. The highest BCUT2D eigenvalue weighted by atomic mass is 16.5. The number of aryl methyl sites for hydroxylation is 1. The van der Waals surface area contributed by atoms with E-state index < -0.39 is 12.1 Å². The van der Waals surface area contributed by atoms with Crippen LogP contribution < -0.4 is 10.2 Å². The maximum absolute atomic E-state index is 12.2. The number of nitrogens with zero attached hydrogens (tertiary/aromatic N) is 2. The van der Waals surface area contributed by atoms with Crippen LogP contribution in [-0.4, -0.2) is 83.1 Å². The van der Waals surface area contributed by atoms with Crippen molar-refractivity contribution < 1.29 is 39.5 Å². The topological polar surface area (TPSA) is 160 Å². The SMILES string of the molecule is CC(=O)O.CN1C(=O)CN(c2cccc(CCCCOCCCCCCNC[C@H](O)c3ccc(O)c(CO)c3)c2)C1=O. The largest absolute Gasteiger partial charge is 0.508 e. The fraction of sp³-hybridized carbons (Fsp3) is 0.516. The minimum absolute atomic E-state index is 0.0348. The second-order valence-electron chi connectivity index (χ2n) is 10.3. The summed E-state index contributed by atoms with van der Waals surface area (Å²) >= 11 is 0. The number of carboxylic acid groups (broad SMARTS) is 1. The molecule has 0 radical (unpaired) electrons. The Kier molecular flexibility index (Phi) is 15.6. The zero-order valence-corrected chi connectivity index (χ0v) is 24.6. The third-order valence-corrected chi connectivity index (χ3v) is 6.80. The van der Waals surface area contributed by atoms with Crippen LogP contribution in [-0.2, 0) is 27.4 Å². The number of unbranched alkanes of at least 4 members (excludes halogenated alkanes) is 4. The smallest absolute Gasteiger partial charge is 0.331 e. The molecule has 11 heteroatoms. The first-order valence-corrected chi connectivity index (χ1v) is 14.4. The van der Waals surface area contributed by atoms with Gasteiger partial charge in [0.2, 0.25) is 5.91 Å². The molecule has 5 N–H and O–H groups in total. The summed E-state index contributed by atoms with van der Waals surface area (Å²) in [6, 6.07) is 12.3. The molecule has 42 heavy (non-hydrogen) atoms. The van der Waals surface area contributed by atoms with Crippen LogP contribution in [0.2, 0.25) is 0 Å². The number of imide groups is 1. The van der Waals surface area contributed by atoms with Gasteiger partial charge in [0.25, 0.3) is 5.97 Å². The van der Waals surface area contributed by atoms with Gasteiger partial charge in [0.15, 0.2) is 0 Å². The monoisotopic (exact) mass is 587 g/mol. The number of hydrogen-bond donors (Lipinski definition) is 5. The number of anilines is 1. The molecule has 0 aliphatic carbocycles. The molecule has 0 aromatic heterocycles. The molecule has 0 saturated carbocycles. The number of carbonyl (C=O) groups excluding carboxylic acids is 2. The molecule has 2 aromatic carbocycles. The van der Waals surface area contributed by atoms with E-state index in [1.807, 2.05) is 24.3 Å². The first-order valence-electron chi connectivity index (χ1n) is 14.4. The molecule has 1 saturated heterocycles. The molecule has 0 unspecified atom stereocenters. The molecule has 1 atom stereocenters. The van der Waals surface area contributed by atoms with Gasteiger partial charge in [0.1, 0.15) is 12.3 Å². The lowest BCUT2D eigenvalue weighted by Gasteiger charge is -2.15. The number of urea groups is 1. The lowest BCUT2D eigenvalue weighted by atomic mass is 10.1.